The van der Waals surface area contributed by atoms with Crippen LogP contribution in [0.5, 0.6) is 0 Å². The first kappa shape index (κ1) is 23.3. The highest BCUT2D eigenvalue weighted by molar-refractivity contribution is 5.92. The molecule has 1 N–H and O–H groups in total. The van der Waals surface area contributed by atoms with Crippen molar-refractivity contribution in [1.82, 2.24) is 29.3 Å². The van der Waals surface area contributed by atoms with Crippen LogP contribution >= 0.6 is 0 Å². The van der Waals surface area contributed by atoms with Crippen LogP contribution in [-0.4, -0.2) is 79.7 Å². The minimum Gasteiger partial charge on any atom is -0.475 e. The Morgan fingerprint density at radius 2 is 1.77 bits per heavy atom. The molecule has 0 aliphatic carbocycles. The second kappa shape index (κ2) is 9.65. The molecule has 1 amide bonds. The summed E-state index contributed by atoms with van der Waals surface area (Å²) in [5, 5.41) is 7.12. The number of alkyl halides is 3. The van der Waals surface area contributed by atoms with Crippen molar-refractivity contribution >= 4 is 11.9 Å². The van der Waals surface area contributed by atoms with E-state index < -0.39 is 12.1 Å². The molecule has 2 aromatic heterocycles. The molecule has 0 aromatic carbocycles. The van der Waals surface area contributed by atoms with Crippen molar-refractivity contribution < 1.29 is 27.9 Å². The predicted molar refractivity (Wildman–Crippen MR) is 99.7 cm³/mol. The summed E-state index contributed by atoms with van der Waals surface area (Å²) in [6.07, 6.45) is 0.806. The van der Waals surface area contributed by atoms with Gasteiger partial charge in [-0.2, -0.15) is 13.2 Å². The molecule has 0 atom stereocenters. The zero-order chi connectivity index (χ0) is 22.5. The molecule has 30 heavy (non-hydrogen) atoms. The van der Waals surface area contributed by atoms with E-state index in [1.165, 1.54) is 5.69 Å². The molecule has 1 aliphatic rings. The number of carboxylic acids is 1. The van der Waals surface area contributed by atoms with Crippen LogP contribution in [0.3, 0.4) is 0 Å². The molecule has 3 rings (SSSR count). The number of nitrogens with zero attached hydrogens (tertiary/aromatic N) is 6. The summed E-state index contributed by atoms with van der Waals surface area (Å²) in [5.41, 5.74) is 2.41. The van der Waals surface area contributed by atoms with E-state index in [-0.39, 0.29) is 5.91 Å². The van der Waals surface area contributed by atoms with Crippen LogP contribution < -0.4 is 0 Å². The van der Waals surface area contributed by atoms with Gasteiger partial charge in [0.15, 0.2) is 0 Å². The number of hydrogen-bond acceptors (Lipinski definition) is 6. The average Bonchev–Trinajstić information content (AvgIpc) is 2.90. The number of halogens is 3. The van der Waals surface area contributed by atoms with Gasteiger partial charge in [0, 0.05) is 45.0 Å². The summed E-state index contributed by atoms with van der Waals surface area (Å²) in [7, 11) is 4.09. The fraction of sp³-hybridized carbons (Fsp3) is 0.500. The van der Waals surface area contributed by atoms with Crippen LogP contribution in [0, 0.1) is 6.92 Å². The van der Waals surface area contributed by atoms with Crippen molar-refractivity contribution in [2.45, 2.75) is 32.6 Å². The highest BCUT2D eigenvalue weighted by Gasteiger charge is 2.38. The summed E-state index contributed by atoms with van der Waals surface area (Å²) in [6.45, 7) is 4.80. The van der Waals surface area contributed by atoms with Crippen molar-refractivity contribution in [3.8, 4) is 0 Å². The van der Waals surface area contributed by atoms with Crippen LogP contribution in [0.4, 0.5) is 13.2 Å². The smallest absolute Gasteiger partial charge is 0.475 e. The van der Waals surface area contributed by atoms with E-state index in [0.29, 0.717) is 18.8 Å². The predicted octanol–water partition coefficient (Wildman–Crippen LogP) is 1.37. The molecule has 164 valence electrons. The summed E-state index contributed by atoms with van der Waals surface area (Å²) in [6, 6.07) is 0. The summed E-state index contributed by atoms with van der Waals surface area (Å²) >= 11 is 0. The van der Waals surface area contributed by atoms with Gasteiger partial charge in [-0.25, -0.2) is 14.8 Å². The molecule has 0 saturated carbocycles. The number of amides is 1. The zero-order valence-electron chi connectivity index (χ0n) is 16.8. The number of carbonyl (C=O) groups is 2. The average molecular weight is 428 g/mol. The fourth-order valence-corrected chi connectivity index (χ4v) is 2.81. The maximum atomic E-state index is 12.6. The van der Waals surface area contributed by atoms with Crippen LogP contribution in [-0.2, 0) is 24.3 Å². The maximum Gasteiger partial charge on any atom is 0.490 e. The lowest BCUT2D eigenvalue weighted by Crippen LogP contribution is -2.34. The number of rotatable bonds is 3. The zero-order valence-corrected chi connectivity index (χ0v) is 16.8. The molecule has 0 spiro atoms. The SMILES string of the molecule is Cc1cnc(C(=O)N2CCc3ncc(CN(C)C)n3CC2)cn1.O=C(O)C(F)(F)F. The molecule has 0 unspecified atom stereocenters. The number of imidazole rings is 1. The van der Waals surface area contributed by atoms with Gasteiger partial charge in [0.05, 0.1) is 17.6 Å². The Hall–Kier alpha value is -3.02. The minimum atomic E-state index is -5.08. The Balaban J connectivity index is 0.000000396. The van der Waals surface area contributed by atoms with E-state index >= 15 is 0 Å². The second-order valence-electron chi connectivity index (χ2n) is 6.94. The van der Waals surface area contributed by atoms with Gasteiger partial charge in [-0.3, -0.25) is 9.78 Å². The second-order valence-corrected chi connectivity index (χ2v) is 6.94. The van der Waals surface area contributed by atoms with Gasteiger partial charge in [-0.1, -0.05) is 0 Å². The third-order valence-corrected chi connectivity index (χ3v) is 4.23. The van der Waals surface area contributed by atoms with Gasteiger partial charge in [0.1, 0.15) is 11.5 Å². The Labute approximate surface area is 171 Å². The fourth-order valence-electron chi connectivity index (χ4n) is 2.81. The molecule has 2 aromatic rings. The maximum absolute atomic E-state index is 12.6. The lowest BCUT2D eigenvalue weighted by atomic mass is 10.3. The van der Waals surface area contributed by atoms with Crippen LogP contribution in [0.15, 0.2) is 18.6 Å². The Bertz CT molecular complexity index is 880. The van der Waals surface area contributed by atoms with Crippen molar-refractivity contribution in [1.29, 1.82) is 0 Å². The highest BCUT2D eigenvalue weighted by atomic mass is 19.4. The van der Waals surface area contributed by atoms with Gasteiger partial charge in [0.2, 0.25) is 0 Å². The van der Waals surface area contributed by atoms with Crippen LogP contribution in [0.1, 0.15) is 27.7 Å². The number of carboxylic acid groups (broad SMARTS) is 1. The standard InChI is InChI=1S/C16H22N6O.C2HF3O2/c1-12-8-18-14(10-17-12)16(23)21-5-4-15-19-9-13(11-20(2)3)22(15)7-6-21;3-2(4,5)1(6)7/h8-10H,4-7,11H2,1-3H3;(H,6,7). The number of aliphatic carboxylic acids is 1. The van der Waals surface area contributed by atoms with Gasteiger partial charge < -0.3 is 19.5 Å². The topological polar surface area (TPSA) is 104 Å². The molecule has 1 aliphatic heterocycles. The lowest BCUT2D eigenvalue weighted by Gasteiger charge is -2.19. The molecule has 0 radical (unpaired) electrons. The summed E-state index contributed by atoms with van der Waals surface area (Å²) in [4.78, 5) is 38.3. The molecule has 0 bridgehead atoms. The van der Waals surface area contributed by atoms with E-state index in [1.807, 2.05) is 32.1 Å². The quantitative estimate of drug-likeness (QED) is 0.788. The van der Waals surface area contributed by atoms with E-state index in [9.17, 15) is 18.0 Å². The molecular formula is C18H23F3N6O3. The largest absolute Gasteiger partial charge is 0.490 e. The van der Waals surface area contributed by atoms with E-state index in [0.717, 1.165) is 31.0 Å². The molecule has 9 nitrogen and oxygen atoms in total. The van der Waals surface area contributed by atoms with E-state index in [2.05, 4.69) is 24.4 Å². The van der Waals surface area contributed by atoms with Crippen molar-refractivity contribution in [2.75, 3.05) is 27.2 Å². The summed E-state index contributed by atoms with van der Waals surface area (Å²) < 4.78 is 34.0. The van der Waals surface area contributed by atoms with Crippen LogP contribution in [0.25, 0.3) is 0 Å². The van der Waals surface area contributed by atoms with Gasteiger partial charge in [0.25, 0.3) is 5.91 Å². The van der Waals surface area contributed by atoms with Crippen LogP contribution in [0.2, 0.25) is 0 Å². The first-order valence-corrected chi connectivity index (χ1v) is 9.05. The first-order chi connectivity index (χ1) is 14.0. The Kier molecular flexibility index (Phi) is 7.48. The number of aryl methyl sites for hydroxylation is 1. The number of hydrogen-bond donors (Lipinski definition) is 1. The molecule has 3 heterocycles. The number of carbonyl (C=O) groups excluding carboxylic acids is 1. The number of fused-ring (bicyclic) bond motifs is 1. The van der Waals surface area contributed by atoms with Crippen molar-refractivity contribution in [3.63, 3.8) is 0 Å². The molecule has 0 fully saturated rings. The Morgan fingerprint density at radius 3 is 2.30 bits per heavy atom. The first-order valence-electron chi connectivity index (χ1n) is 9.05. The van der Waals surface area contributed by atoms with Gasteiger partial charge >= 0.3 is 12.1 Å². The minimum absolute atomic E-state index is 0.0580. The van der Waals surface area contributed by atoms with Gasteiger partial charge in [-0.05, 0) is 21.0 Å². The van der Waals surface area contributed by atoms with Crippen molar-refractivity contribution in [3.05, 3.63) is 41.5 Å². The third-order valence-electron chi connectivity index (χ3n) is 4.23. The highest BCUT2D eigenvalue weighted by Crippen LogP contribution is 2.14. The number of aromatic nitrogens is 4. The van der Waals surface area contributed by atoms with E-state index in [4.69, 9.17) is 9.90 Å². The summed E-state index contributed by atoms with van der Waals surface area (Å²) in [5.74, 6) is -1.77. The van der Waals surface area contributed by atoms with E-state index in [1.54, 1.807) is 12.4 Å². The van der Waals surface area contributed by atoms with Crippen molar-refractivity contribution in [2.24, 2.45) is 0 Å². The Morgan fingerprint density at radius 1 is 1.10 bits per heavy atom. The molecule has 12 heteroatoms. The third kappa shape index (κ3) is 6.24. The van der Waals surface area contributed by atoms with Gasteiger partial charge in [-0.15, -0.1) is 0 Å². The molecular weight excluding hydrogens is 405 g/mol. The lowest BCUT2D eigenvalue weighted by molar-refractivity contribution is -0.192. The monoisotopic (exact) mass is 428 g/mol. The molecule has 0 saturated heterocycles. The normalized spacial score (nSPS) is 13.9.